The van der Waals surface area contributed by atoms with Gasteiger partial charge in [-0.2, -0.15) is 4.73 Å². The zero-order valence-electron chi connectivity index (χ0n) is 20.4. The average molecular weight is 493 g/mol. The number of nitrogens with one attached hydrogen (secondary N) is 1. The lowest BCUT2D eigenvalue weighted by atomic mass is 9.91. The van der Waals surface area contributed by atoms with E-state index in [0.29, 0.717) is 16.6 Å². The van der Waals surface area contributed by atoms with Crippen molar-refractivity contribution < 1.29 is 9.12 Å². The number of fused-ring (bicyclic) bond motifs is 1. The van der Waals surface area contributed by atoms with Gasteiger partial charge < -0.3 is 15.4 Å². The molecule has 0 radical (unpaired) electrons. The van der Waals surface area contributed by atoms with Crippen LogP contribution in [-0.4, -0.2) is 40.0 Å². The predicted octanol–water partition coefficient (Wildman–Crippen LogP) is 5.51. The van der Waals surface area contributed by atoms with E-state index in [-0.39, 0.29) is 17.6 Å². The van der Waals surface area contributed by atoms with E-state index in [4.69, 9.17) is 0 Å². The van der Waals surface area contributed by atoms with Crippen LogP contribution in [0.5, 0.6) is 0 Å². The predicted molar refractivity (Wildman–Crippen MR) is 138 cm³/mol. The molecular formula is C26H29FN6OS. The van der Waals surface area contributed by atoms with Crippen LogP contribution >= 0.6 is 11.3 Å². The van der Waals surface area contributed by atoms with Gasteiger partial charge in [0.25, 0.3) is 0 Å². The van der Waals surface area contributed by atoms with Gasteiger partial charge in [-0.1, -0.05) is 19.9 Å². The van der Waals surface area contributed by atoms with Gasteiger partial charge in [0.15, 0.2) is 18.2 Å². The summed E-state index contributed by atoms with van der Waals surface area (Å²) >= 11 is 1.46. The van der Waals surface area contributed by atoms with Gasteiger partial charge in [0.2, 0.25) is 5.95 Å². The summed E-state index contributed by atoms with van der Waals surface area (Å²) in [7, 11) is 2.15. The monoisotopic (exact) mass is 492 g/mol. The summed E-state index contributed by atoms with van der Waals surface area (Å²) in [6, 6.07) is 4.02. The summed E-state index contributed by atoms with van der Waals surface area (Å²) in [6.07, 6.45) is 8.49. The Morgan fingerprint density at radius 3 is 2.63 bits per heavy atom. The quantitative estimate of drug-likeness (QED) is 0.292. The topological polar surface area (TPSA) is 80.9 Å². The number of aryl methyl sites for hydroxylation is 1. The van der Waals surface area contributed by atoms with Crippen molar-refractivity contribution in [1.29, 1.82) is 0 Å². The summed E-state index contributed by atoms with van der Waals surface area (Å²) in [5, 5.41) is 16.1. The summed E-state index contributed by atoms with van der Waals surface area (Å²) in [4.78, 5) is 16.2. The molecular weight excluding hydrogens is 463 g/mol. The average Bonchev–Trinajstić information content (AvgIpc) is 3.16. The van der Waals surface area contributed by atoms with Crippen LogP contribution in [0.2, 0.25) is 0 Å². The zero-order chi connectivity index (χ0) is 24.7. The number of pyridine rings is 2. The van der Waals surface area contributed by atoms with Crippen LogP contribution in [0.1, 0.15) is 55.2 Å². The second-order valence-corrected chi connectivity index (χ2v) is 10.6. The van der Waals surface area contributed by atoms with E-state index in [0.717, 1.165) is 51.9 Å². The number of anilines is 2. The second-order valence-electron chi connectivity index (χ2n) is 9.60. The minimum absolute atomic E-state index is 0.167. The Balaban J connectivity index is 1.43. The van der Waals surface area contributed by atoms with Gasteiger partial charge in [0.1, 0.15) is 11.5 Å². The SMILES string of the molecule is Cc1c(-c2nc(Nc3ccc(C4CCN(C)CC4)cn3)ncc2F)sc2c(C(C)C)c[n+]([O-])cc12. The lowest BCUT2D eigenvalue weighted by Crippen LogP contribution is -2.29. The van der Waals surface area contributed by atoms with Crippen LogP contribution in [-0.2, 0) is 0 Å². The summed E-state index contributed by atoms with van der Waals surface area (Å²) in [5.74, 6) is 1.08. The van der Waals surface area contributed by atoms with Crippen molar-refractivity contribution >= 4 is 33.2 Å². The van der Waals surface area contributed by atoms with Crippen molar-refractivity contribution in [3.05, 3.63) is 64.6 Å². The van der Waals surface area contributed by atoms with Crippen LogP contribution in [0.4, 0.5) is 16.2 Å². The highest BCUT2D eigenvalue weighted by atomic mass is 32.1. The van der Waals surface area contributed by atoms with Crippen molar-refractivity contribution in [3.63, 3.8) is 0 Å². The maximum absolute atomic E-state index is 14.9. The number of halogens is 1. The van der Waals surface area contributed by atoms with Gasteiger partial charge in [-0.15, -0.1) is 11.3 Å². The standard InChI is InChI=1S/C26H29FN6OS/c1-15(2)19-13-33(34)14-20-16(3)24(35-25(19)20)23-21(27)12-29-26(31-23)30-22-6-5-18(11-28-22)17-7-9-32(4)10-8-17/h5-6,11-15,17H,7-10H2,1-4H3,(H,28,29,30,31). The molecule has 5 heterocycles. The Morgan fingerprint density at radius 2 is 1.94 bits per heavy atom. The second kappa shape index (κ2) is 9.47. The van der Waals surface area contributed by atoms with Crippen molar-refractivity contribution in [2.75, 3.05) is 25.5 Å². The molecule has 0 atom stereocenters. The van der Waals surface area contributed by atoms with Crippen LogP contribution in [0, 0.1) is 17.9 Å². The first-order valence-corrected chi connectivity index (χ1v) is 12.7. The number of hydrogen-bond acceptors (Lipinski definition) is 7. The van der Waals surface area contributed by atoms with Gasteiger partial charge in [-0.3, -0.25) is 0 Å². The Kier molecular flexibility index (Phi) is 6.37. The van der Waals surface area contributed by atoms with E-state index in [2.05, 4.69) is 38.3 Å². The highest BCUT2D eigenvalue weighted by molar-refractivity contribution is 7.22. The van der Waals surface area contributed by atoms with Crippen LogP contribution in [0.15, 0.2) is 36.9 Å². The molecule has 182 valence electrons. The molecule has 1 aliphatic heterocycles. The van der Waals surface area contributed by atoms with Crippen molar-refractivity contribution in [2.45, 2.75) is 45.4 Å². The first kappa shape index (κ1) is 23.6. The molecule has 0 saturated carbocycles. The fourth-order valence-electron chi connectivity index (χ4n) is 4.66. The molecule has 1 aliphatic rings. The third kappa shape index (κ3) is 4.70. The van der Waals surface area contributed by atoms with Gasteiger partial charge in [0.05, 0.1) is 21.2 Å². The van der Waals surface area contributed by atoms with E-state index >= 15 is 0 Å². The molecule has 0 aromatic carbocycles. The van der Waals surface area contributed by atoms with E-state index in [1.165, 1.54) is 23.1 Å². The van der Waals surface area contributed by atoms with Gasteiger partial charge in [-0.05, 0) is 68.9 Å². The normalized spacial score (nSPS) is 15.3. The molecule has 9 heteroatoms. The molecule has 1 N–H and O–H groups in total. The van der Waals surface area contributed by atoms with E-state index in [9.17, 15) is 9.60 Å². The Labute approximate surface area is 208 Å². The number of piperidine rings is 1. The molecule has 0 unspecified atom stereocenters. The molecule has 35 heavy (non-hydrogen) atoms. The number of nitrogens with zero attached hydrogens (tertiary/aromatic N) is 5. The summed E-state index contributed by atoms with van der Waals surface area (Å²) in [5.41, 5.74) is 3.23. The Morgan fingerprint density at radius 1 is 1.17 bits per heavy atom. The number of thiophene rings is 1. The third-order valence-electron chi connectivity index (χ3n) is 6.78. The van der Waals surface area contributed by atoms with Crippen molar-refractivity contribution in [2.24, 2.45) is 0 Å². The first-order chi connectivity index (χ1) is 16.8. The van der Waals surface area contributed by atoms with Crippen LogP contribution in [0.3, 0.4) is 0 Å². The van der Waals surface area contributed by atoms with Crippen LogP contribution < -0.4 is 10.0 Å². The van der Waals surface area contributed by atoms with Gasteiger partial charge in [-0.25, -0.2) is 19.3 Å². The van der Waals surface area contributed by atoms with Gasteiger partial charge >= 0.3 is 0 Å². The largest absolute Gasteiger partial charge is 0.619 e. The lowest BCUT2D eigenvalue weighted by Gasteiger charge is -2.29. The van der Waals surface area contributed by atoms with Crippen molar-refractivity contribution in [1.82, 2.24) is 19.9 Å². The van der Waals surface area contributed by atoms with Gasteiger partial charge in [0, 0.05) is 11.8 Å². The smallest absolute Gasteiger partial charge is 0.229 e. The molecule has 0 amide bonds. The number of hydrogen-bond donors (Lipinski definition) is 1. The molecule has 0 aliphatic carbocycles. The summed E-state index contributed by atoms with van der Waals surface area (Å²) < 4.78 is 16.7. The molecule has 7 nitrogen and oxygen atoms in total. The highest BCUT2D eigenvalue weighted by Crippen LogP contribution is 2.41. The first-order valence-electron chi connectivity index (χ1n) is 11.9. The third-order valence-corrected chi connectivity index (χ3v) is 8.14. The number of aromatic nitrogens is 4. The highest BCUT2D eigenvalue weighted by Gasteiger charge is 2.22. The fraction of sp³-hybridized carbons (Fsp3) is 0.385. The number of rotatable bonds is 5. The van der Waals surface area contributed by atoms with E-state index < -0.39 is 5.82 Å². The van der Waals surface area contributed by atoms with Crippen LogP contribution in [0.25, 0.3) is 20.7 Å². The zero-order valence-corrected chi connectivity index (χ0v) is 21.2. The molecule has 1 fully saturated rings. The minimum atomic E-state index is -0.503. The van der Waals surface area contributed by atoms with Crippen molar-refractivity contribution in [3.8, 4) is 10.6 Å². The molecule has 0 spiro atoms. The molecule has 4 aromatic rings. The maximum Gasteiger partial charge on any atom is 0.229 e. The maximum atomic E-state index is 14.9. The minimum Gasteiger partial charge on any atom is -0.619 e. The Bertz CT molecular complexity index is 1360. The molecule has 0 bridgehead atoms. The Hall–Kier alpha value is -3.17. The van der Waals surface area contributed by atoms with E-state index in [1.807, 2.05) is 33.0 Å². The molecule has 4 aromatic heterocycles. The fourth-order valence-corrected chi connectivity index (χ4v) is 6.09. The lowest BCUT2D eigenvalue weighted by molar-refractivity contribution is -0.604. The molecule has 5 rings (SSSR count). The van der Waals surface area contributed by atoms with E-state index in [1.54, 1.807) is 12.4 Å². The summed E-state index contributed by atoms with van der Waals surface area (Å²) in [6.45, 7) is 8.18. The number of likely N-dealkylation sites (tertiary alicyclic amines) is 1. The molecule has 1 saturated heterocycles.